The Balaban J connectivity index is 2.30. The van der Waals surface area contributed by atoms with Crippen LogP contribution >= 0.6 is 0 Å². The van der Waals surface area contributed by atoms with Crippen LogP contribution in [0.4, 0.5) is 0 Å². The molecule has 0 heterocycles. The lowest BCUT2D eigenvalue weighted by Gasteiger charge is -2.25. The standard InChI is InChI=1S/C11H19NO3/c1-7(2)15-11(14)8(3)12-10(13)9-5-4-6-9/h7-9H,4-6H2,1-3H3,(H,12,13)/t8-/m1/s1. The summed E-state index contributed by atoms with van der Waals surface area (Å²) in [6.45, 7) is 5.23. The highest BCUT2D eigenvalue weighted by molar-refractivity contribution is 5.85. The Morgan fingerprint density at radius 3 is 2.27 bits per heavy atom. The molecule has 1 rings (SSSR count). The van der Waals surface area contributed by atoms with Gasteiger partial charge in [0, 0.05) is 5.92 Å². The second kappa shape index (κ2) is 5.14. The van der Waals surface area contributed by atoms with Crippen molar-refractivity contribution in [1.29, 1.82) is 0 Å². The number of hydrogen-bond acceptors (Lipinski definition) is 3. The first kappa shape index (κ1) is 12.0. The Hall–Kier alpha value is -1.06. The monoisotopic (exact) mass is 213 g/mol. The average Bonchev–Trinajstić information content (AvgIpc) is 1.98. The summed E-state index contributed by atoms with van der Waals surface area (Å²) >= 11 is 0. The molecule has 0 aromatic carbocycles. The molecule has 1 N–H and O–H groups in total. The Bertz CT molecular complexity index is 246. The van der Waals surface area contributed by atoms with Gasteiger partial charge in [-0.1, -0.05) is 6.42 Å². The van der Waals surface area contributed by atoms with Gasteiger partial charge < -0.3 is 10.1 Å². The minimum absolute atomic E-state index is 0.0190. The summed E-state index contributed by atoms with van der Waals surface area (Å²) in [5, 5.41) is 2.67. The quantitative estimate of drug-likeness (QED) is 0.715. The summed E-state index contributed by atoms with van der Waals surface area (Å²) in [4.78, 5) is 22.9. The van der Waals surface area contributed by atoms with E-state index < -0.39 is 6.04 Å². The maximum atomic E-state index is 11.5. The van der Waals surface area contributed by atoms with E-state index in [9.17, 15) is 9.59 Å². The highest BCUT2D eigenvalue weighted by Gasteiger charge is 2.28. The summed E-state index contributed by atoms with van der Waals surface area (Å²) in [5.41, 5.74) is 0. The third-order valence-electron chi connectivity index (χ3n) is 2.54. The Morgan fingerprint density at radius 1 is 1.27 bits per heavy atom. The predicted octanol–water partition coefficient (Wildman–Crippen LogP) is 1.24. The summed E-state index contributed by atoms with van der Waals surface area (Å²) in [5.74, 6) is -0.272. The molecule has 1 fully saturated rings. The van der Waals surface area contributed by atoms with E-state index >= 15 is 0 Å². The summed E-state index contributed by atoms with van der Waals surface area (Å²) < 4.78 is 4.99. The molecule has 1 aliphatic carbocycles. The molecule has 4 heteroatoms. The van der Waals surface area contributed by atoms with Crippen LogP contribution in [0, 0.1) is 5.92 Å². The largest absolute Gasteiger partial charge is 0.461 e. The van der Waals surface area contributed by atoms with Gasteiger partial charge in [-0.15, -0.1) is 0 Å². The van der Waals surface area contributed by atoms with E-state index in [4.69, 9.17) is 4.74 Å². The average molecular weight is 213 g/mol. The van der Waals surface area contributed by atoms with Crippen molar-refractivity contribution in [2.45, 2.75) is 52.2 Å². The fourth-order valence-electron chi connectivity index (χ4n) is 1.39. The van der Waals surface area contributed by atoms with Crippen LogP contribution in [0.3, 0.4) is 0 Å². The van der Waals surface area contributed by atoms with Crippen LogP contribution < -0.4 is 5.32 Å². The lowest BCUT2D eigenvalue weighted by molar-refractivity contribution is -0.151. The lowest BCUT2D eigenvalue weighted by atomic mass is 9.84. The van der Waals surface area contributed by atoms with Crippen molar-refractivity contribution < 1.29 is 14.3 Å². The smallest absolute Gasteiger partial charge is 0.328 e. The highest BCUT2D eigenvalue weighted by Crippen LogP contribution is 2.26. The Kier molecular flexibility index (Phi) is 4.12. The molecule has 0 aromatic rings. The third-order valence-corrected chi connectivity index (χ3v) is 2.54. The number of ether oxygens (including phenoxy) is 1. The number of carbonyl (C=O) groups is 2. The van der Waals surface area contributed by atoms with Gasteiger partial charge in [-0.05, 0) is 33.6 Å². The van der Waals surface area contributed by atoms with Crippen molar-refractivity contribution >= 4 is 11.9 Å². The molecular weight excluding hydrogens is 194 g/mol. The molecule has 86 valence electrons. The van der Waals surface area contributed by atoms with Crippen LogP contribution in [-0.2, 0) is 14.3 Å². The minimum atomic E-state index is -0.541. The second-order valence-electron chi connectivity index (χ2n) is 4.34. The molecule has 0 spiro atoms. The SMILES string of the molecule is CC(C)OC(=O)[C@@H](C)NC(=O)C1CCC1. The van der Waals surface area contributed by atoms with E-state index in [-0.39, 0.29) is 23.9 Å². The van der Waals surface area contributed by atoms with Crippen LogP contribution in [0.15, 0.2) is 0 Å². The molecule has 4 nitrogen and oxygen atoms in total. The van der Waals surface area contributed by atoms with Gasteiger partial charge in [-0.2, -0.15) is 0 Å². The molecule has 1 aliphatic rings. The number of nitrogens with one attached hydrogen (secondary N) is 1. The molecular formula is C11H19NO3. The van der Waals surface area contributed by atoms with Gasteiger partial charge in [0.05, 0.1) is 6.10 Å². The van der Waals surface area contributed by atoms with E-state index in [2.05, 4.69) is 5.32 Å². The van der Waals surface area contributed by atoms with Crippen molar-refractivity contribution in [3.8, 4) is 0 Å². The number of hydrogen-bond donors (Lipinski definition) is 1. The first-order chi connectivity index (χ1) is 7.00. The van der Waals surface area contributed by atoms with E-state index in [0.29, 0.717) is 0 Å². The molecule has 1 amide bonds. The van der Waals surface area contributed by atoms with Crippen LogP contribution in [0.1, 0.15) is 40.0 Å². The molecule has 0 radical (unpaired) electrons. The van der Waals surface area contributed by atoms with E-state index in [1.54, 1.807) is 20.8 Å². The summed E-state index contributed by atoms with van der Waals surface area (Å²) in [6, 6.07) is -0.541. The van der Waals surface area contributed by atoms with Crippen molar-refractivity contribution in [2.75, 3.05) is 0 Å². The zero-order chi connectivity index (χ0) is 11.4. The van der Waals surface area contributed by atoms with Crippen molar-refractivity contribution in [1.82, 2.24) is 5.32 Å². The lowest BCUT2D eigenvalue weighted by Crippen LogP contribution is -2.44. The van der Waals surface area contributed by atoms with Gasteiger partial charge in [0.1, 0.15) is 6.04 Å². The van der Waals surface area contributed by atoms with Crippen LogP contribution in [0.5, 0.6) is 0 Å². The van der Waals surface area contributed by atoms with Gasteiger partial charge in [0.15, 0.2) is 0 Å². The predicted molar refractivity (Wildman–Crippen MR) is 56.2 cm³/mol. The summed E-state index contributed by atoms with van der Waals surface area (Å²) in [6.07, 6.45) is 2.86. The molecule has 0 aliphatic heterocycles. The molecule has 0 aromatic heterocycles. The number of carbonyl (C=O) groups excluding carboxylic acids is 2. The molecule has 1 atom stereocenters. The fourth-order valence-corrected chi connectivity index (χ4v) is 1.39. The first-order valence-corrected chi connectivity index (χ1v) is 5.51. The Morgan fingerprint density at radius 2 is 1.87 bits per heavy atom. The highest BCUT2D eigenvalue weighted by atomic mass is 16.5. The van der Waals surface area contributed by atoms with Gasteiger partial charge in [0.2, 0.25) is 5.91 Å². The minimum Gasteiger partial charge on any atom is -0.461 e. The van der Waals surface area contributed by atoms with Gasteiger partial charge in [-0.25, -0.2) is 4.79 Å². The molecule has 15 heavy (non-hydrogen) atoms. The third kappa shape index (κ3) is 3.53. The first-order valence-electron chi connectivity index (χ1n) is 5.51. The van der Waals surface area contributed by atoms with Crippen molar-refractivity contribution in [3.05, 3.63) is 0 Å². The normalized spacial score (nSPS) is 18.1. The topological polar surface area (TPSA) is 55.4 Å². The molecule has 1 saturated carbocycles. The van der Waals surface area contributed by atoms with Gasteiger partial charge in [-0.3, -0.25) is 4.79 Å². The second-order valence-corrected chi connectivity index (χ2v) is 4.34. The van der Waals surface area contributed by atoms with Crippen LogP contribution in [-0.4, -0.2) is 24.0 Å². The van der Waals surface area contributed by atoms with Gasteiger partial charge >= 0.3 is 5.97 Å². The number of amides is 1. The van der Waals surface area contributed by atoms with Crippen molar-refractivity contribution in [3.63, 3.8) is 0 Å². The zero-order valence-corrected chi connectivity index (χ0v) is 9.58. The van der Waals surface area contributed by atoms with Crippen LogP contribution in [0.2, 0.25) is 0 Å². The molecule has 0 saturated heterocycles. The maximum Gasteiger partial charge on any atom is 0.328 e. The Labute approximate surface area is 90.4 Å². The maximum absolute atomic E-state index is 11.5. The molecule has 0 bridgehead atoms. The van der Waals surface area contributed by atoms with E-state index in [0.717, 1.165) is 19.3 Å². The number of esters is 1. The van der Waals surface area contributed by atoms with E-state index in [1.165, 1.54) is 0 Å². The van der Waals surface area contributed by atoms with Gasteiger partial charge in [0.25, 0.3) is 0 Å². The van der Waals surface area contributed by atoms with Crippen molar-refractivity contribution in [2.24, 2.45) is 5.92 Å². The van der Waals surface area contributed by atoms with E-state index in [1.807, 2.05) is 0 Å². The number of rotatable bonds is 4. The molecule has 0 unspecified atom stereocenters. The zero-order valence-electron chi connectivity index (χ0n) is 9.58. The van der Waals surface area contributed by atoms with Crippen LogP contribution in [0.25, 0.3) is 0 Å². The fraction of sp³-hybridized carbons (Fsp3) is 0.818. The summed E-state index contributed by atoms with van der Waals surface area (Å²) in [7, 11) is 0.